The highest BCUT2D eigenvalue weighted by molar-refractivity contribution is 5.94. The molecule has 0 aliphatic carbocycles. The lowest BCUT2D eigenvalue weighted by atomic mass is 9.95. The molecule has 2 aliphatic heterocycles. The Labute approximate surface area is 147 Å². The number of benzene rings is 1. The molecule has 0 unspecified atom stereocenters. The molecule has 0 aromatic heterocycles. The van der Waals surface area contributed by atoms with Gasteiger partial charge >= 0.3 is 0 Å². The topological polar surface area (TPSA) is 75.9 Å². The van der Waals surface area contributed by atoms with Crippen LogP contribution in [0.2, 0.25) is 0 Å². The first-order chi connectivity index (χ1) is 12.0. The van der Waals surface area contributed by atoms with Gasteiger partial charge in [0.25, 0.3) is 11.6 Å². The third-order valence-electron chi connectivity index (χ3n) is 5.16. The molecule has 2 saturated heterocycles. The van der Waals surface area contributed by atoms with Crippen LogP contribution in [0.5, 0.6) is 0 Å². The van der Waals surface area contributed by atoms with Crippen molar-refractivity contribution in [1.82, 2.24) is 9.80 Å². The molecule has 7 nitrogen and oxygen atoms in total. The van der Waals surface area contributed by atoms with E-state index in [-0.39, 0.29) is 11.6 Å². The van der Waals surface area contributed by atoms with Crippen molar-refractivity contribution in [2.45, 2.75) is 19.8 Å². The fourth-order valence-electron chi connectivity index (χ4n) is 3.64. The van der Waals surface area contributed by atoms with Crippen LogP contribution in [0.15, 0.2) is 18.2 Å². The Kier molecular flexibility index (Phi) is 5.65. The van der Waals surface area contributed by atoms with Crippen molar-refractivity contribution in [3.63, 3.8) is 0 Å². The van der Waals surface area contributed by atoms with E-state index in [0.717, 1.165) is 58.8 Å². The van der Waals surface area contributed by atoms with E-state index in [1.807, 2.05) is 4.90 Å². The largest absolute Gasteiger partial charge is 0.379 e. The molecule has 0 radical (unpaired) electrons. The number of piperidine rings is 1. The van der Waals surface area contributed by atoms with Crippen LogP contribution in [0.3, 0.4) is 0 Å². The SMILES string of the molecule is Cc1cc(C(=O)N2CCC(CN3CCOCC3)CC2)ccc1[N+](=O)[O-]. The number of carbonyl (C=O) groups is 1. The van der Waals surface area contributed by atoms with Gasteiger partial charge in [0.15, 0.2) is 0 Å². The van der Waals surface area contributed by atoms with Crippen LogP contribution < -0.4 is 0 Å². The van der Waals surface area contributed by atoms with Gasteiger partial charge in [-0.25, -0.2) is 0 Å². The van der Waals surface area contributed by atoms with E-state index < -0.39 is 4.92 Å². The van der Waals surface area contributed by atoms with Crippen LogP contribution >= 0.6 is 0 Å². The van der Waals surface area contributed by atoms with Gasteiger partial charge in [0.2, 0.25) is 0 Å². The van der Waals surface area contributed by atoms with Gasteiger partial charge in [0.05, 0.1) is 18.1 Å². The standard InChI is InChI=1S/C18H25N3O4/c1-14-12-16(2-3-17(14)21(23)24)18(22)20-6-4-15(5-7-20)13-19-8-10-25-11-9-19/h2-3,12,15H,4-11,13H2,1H3. The number of morpholine rings is 1. The van der Waals surface area contributed by atoms with Crippen LogP contribution in [-0.4, -0.2) is 66.6 Å². The monoisotopic (exact) mass is 347 g/mol. The second kappa shape index (κ2) is 7.93. The van der Waals surface area contributed by atoms with Crippen LogP contribution in [-0.2, 0) is 4.74 Å². The minimum atomic E-state index is -0.416. The van der Waals surface area contributed by atoms with Gasteiger partial charge in [-0.05, 0) is 37.8 Å². The van der Waals surface area contributed by atoms with Crippen molar-refractivity contribution >= 4 is 11.6 Å². The van der Waals surface area contributed by atoms with E-state index in [0.29, 0.717) is 17.0 Å². The zero-order chi connectivity index (χ0) is 17.8. The molecule has 0 saturated carbocycles. The number of nitro benzene ring substituents is 1. The predicted octanol–water partition coefficient (Wildman–Crippen LogP) is 2.09. The van der Waals surface area contributed by atoms with Gasteiger partial charge in [-0.1, -0.05) is 0 Å². The maximum absolute atomic E-state index is 12.7. The third-order valence-corrected chi connectivity index (χ3v) is 5.16. The molecule has 2 fully saturated rings. The maximum atomic E-state index is 12.7. The Morgan fingerprint density at radius 3 is 2.52 bits per heavy atom. The molecule has 0 N–H and O–H groups in total. The quantitative estimate of drug-likeness (QED) is 0.616. The maximum Gasteiger partial charge on any atom is 0.272 e. The smallest absolute Gasteiger partial charge is 0.272 e. The highest BCUT2D eigenvalue weighted by atomic mass is 16.6. The first kappa shape index (κ1) is 17.8. The highest BCUT2D eigenvalue weighted by Crippen LogP contribution is 2.23. The summed E-state index contributed by atoms with van der Waals surface area (Å²) in [5.41, 5.74) is 1.12. The Morgan fingerprint density at radius 1 is 1.24 bits per heavy atom. The first-order valence-electron chi connectivity index (χ1n) is 8.89. The molecule has 1 aromatic rings. The molecule has 25 heavy (non-hydrogen) atoms. The average molecular weight is 347 g/mol. The van der Waals surface area contributed by atoms with Crippen molar-refractivity contribution in [2.24, 2.45) is 5.92 Å². The normalized spacial score (nSPS) is 19.8. The summed E-state index contributed by atoms with van der Waals surface area (Å²) in [6, 6.07) is 4.61. The molecule has 0 atom stereocenters. The number of aryl methyl sites for hydroxylation is 1. The summed E-state index contributed by atoms with van der Waals surface area (Å²) in [6.07, 6.45) is 2.02. The number of nitro groups is 1. The molecule has 136 valence electrons. The van der Waals surface area contributed by atoms with Crippen LogP contribution in [0.25, 0.3) is 0 Å². The Hall–Kier alpha value is -1.99. The molecule has 7 heteroatoms. The van der Waals surface area contributed by atoms with Crippen molar-refractivity contribution in [3.8, 4) is 0 Å². The average Bonchev–Trinajstić information content (AvgIpc) is 2.62. The Morgan fingerprint density at radius 2 is 1.92 bits per heavy atom. The number of ether oxygens (including phenoxy) is 1. The molecule has 0 bridgehead atoms. The van der Waals surface area contributed by atoms with Gasteiger partial charge in [0.1, 0.15) is 0 Å². The van der Waals surface area contributed by atoms with Crippen LogP contribution in [0, 0.1) is 23.0 Å². The van der Waals surface area contributed by atoms with E-state index in [1.165, 1.54) is 6.07 Å². The number of carbonyl (C=O) groups excluding carboxylic acids is 1. The van der Waals surface area contributed by atoms with Gasteiger partial charge < -0.3 is 9.64 Å². The summed E-state index contributed by atoms with van der Waals surface area (Å²) in [4.78, 5) is 27.5. The summed E-state index contributed by atoms with van der Waals surface area (Å²) in [6.45, 7) is 7.90. The lowest BCUT2D eigenvalue weighted by molar-refractivity contribution is -0.385. The lowest BCUT2D eigenvalue weighted by Crippen LogP contribution is -2.44. The number of amides is 1. The van der Waals surface area contributed by atoms with Crippen LogP contribution in [0.4, 0.5) is 5.69 Å². The zero-order valence-electron chi connectivity index (χ0n) is 14.6. The van der Waals surface area contributed by atoms with E-state index >= 15 is 0 Å². The number of hydrogen-bond donors (Lipinski definition) is 0. The predicted molar refractivity (Wildman–Crippen MR) is 93.7 cm³/mol. The number of hydrogen-bond acceptors (Lipinski definition) is 5. The number of likely N-dealkylation sites (tertiary alicyclic amines) is 1. The van der Waals surface area contributed by atoms with E-state index in [4.69, 9.17) is 4.74 Å². The second-order valence-electron chi connectivity index (χ2n) is 6.91. The fraction of sp³-hybridized carbons (Fsp3) is 0.611. The van der Waals surface area contributed by atoms with Crippen molar-refractivity contribution < 1.29 is 14.5 Å². The van der Waals surface area contributed by atoms with Crippen molar-refractivity contribution in [2.75, 3.05) is 45.9 Å². The fourth-order valence-corrected chi connectivity index (χ4v) is 3.64. The molecule has 0 spiro atoms. The summed E-state index contributed by atoms with van der Waals surface area (Å²) < 4.78 is 5.38. The van der Waals surface area contributed by atoms with Crippen molar-refractivity contribution in [1.29, 1.82) is 0 Å². The van der Waals surface area contributed by atoms with Gasteiger partial charge in [-0.3, -0.25) is 19.8 Å². The molecule has 3 rings (SSSR count). The van der Waals surface area contributed by atoms with Crippen molar-refractivity contribution in [3.05, 3.63) is 39.4 Å². The first-order valence-corrected chi connectivity index (χ1v) is 8.89. The van der Waals surface area contributed by atoms with Crippen LogP contribution in [0.1, 0.15) is 28.8 Å². The minimum absolute atomic E-state index is 0.0252. The van der Waals surface area contributed by atoms with Gasteiger partial charge in [-0.15, -0.1) is 0 Å². The molecular weight excluding hydrogens is 322 g/mol. The zero-order valence-corrected chi connectivity index (χ0v) is 14.6. The molecule has 2 aliphatic rings. The molecule has 1 aromatic carbocycles. The number of rotatable bonds is 4. The van der Waals surface area contributed by atoms with E-state index in [1.54, 1.807) is 19.1 Å². The molecule has 2 heterocycles. The highest BCUT2D eigenvalue weighted by Gasteiger charge is 2.26. The summed E-state index contributed by atoms with van der Waals surface area (Å²) in [5, 5.41) is 10.9. The Balaban J connectivity index is 1.54. The third kappa shape index (κ3) is 4.35. The Bertz CT molecular complexity index is 635. The van der Waals surface area contributed by atoms with Gasteiger partial charge in [-0.2, -0.15) is 0 Å². The second-order valence-corrected chi connectivity index (χ2v) is 6.91. The lowest BCUT2D eigenvalue weighted by Gasteiger charge is -2.36. The summed E-state index contributed by atoms with van der Waals surface area (Å²) in [7, 11) is 0. The minimum Gasteiger partial charge on any atom is -0.379 e. The molecule has 1 amide bonds. The summed E-state index contributed by atoms with van der Waals surface area (Å²) in [5.74, 6) is 0.601. The van der Waals surface area contributed by atoms with E-state index in [9.17, 15) is 14.9 Å². The van der Waals surface area contributed by atoms with Gasteiger partial charge in [0, 0.05) is 49.9 Å². The van der Waals surface area contributed by atoms with E-state index in [2.05, 4.69) is 4.90 Å². The number of nitrogens with zero attached hydrogens (tertiary/aromatic N) is 3. The summed E-state index contributed by atoms with van der Waals surface area (Å²) >= 11 is 0. The molecular formula is C18H25N3O4.